The number of hydrogen-bond donors (Lipinski definition) is 1. The Hall–Kier alpha value is -1.20. The first kappa shape index (κ1) is 16.9. The molecule has 1 amide bonds. The van der Waals surface area contributed by atoms with Gasteiger partial charge >= 0.3 is 0 Å². The summed E-state index contributed by atoms with van der Waals surface area (Å²) in [4.78, 5) is 13.8. The molecule has 0 saturated carbocycles. The SMILES string of the molecule is CNC1CCN(C(=O)Cc2cccc(F)c2F)CC1.Cl. The number of halogens is 3. The number of piperidine rings is 1. The van der Waals surface area contributed by atoms with E-state index in [1.54, 1.807) is 4.90 Å². The van der Waals surface area contributed by atoms with Crippen molar-refractivity contribution in [1.29, 1.82) is 0 Å². The molecule has 0 radical (unpaired) electrons. The van der Waals surface area contributed by atoms with E-state index < -0.39 is 11.6 Å². The summed E-state index contributed by atoms with van der Waals surface area (Å²) in [5, 5.41) is 3.18. The third-order valence-electron chi connectivity index (χ3n) is 3.63. The Morgan fingerprint density at radius 3 is 2.60 bits per heavy atom. The third-order valence-corrected chi connectivity index (χ3v) is 3.63. The molecule has 1 aromatic carbocycles. The second-order valence-corrected chi connectivity index (χ2v) is 4.83. The highest BCUT2D eigenvalue weighted by atomic mass is 35.5. The van der Waals surface area contributed by atoms with Crippen LogP contribution in [0.4, 0.5) is 8.78 Å². The Kier molecular flexibility index (Phi) is 6.36. The average Bonchev–Trinajstić information content (AvgIpc) is 2.44. The summed E-state index contributed by atoms with van der Waals surface area (Å²) in [6.07, 6.45) is 1.72. The summed E-state index contributed by atoms with van der Waals surface area (Å²) in [6, 6.07) is 4.38. The second kappa shape index (κ2) is 7.55. The molecule has 1 aromatic rings. The Bertz CT molecular complexity index is 462. The van der Waals surface area contributed by atoms with Crippen LogP contribution in [0, 0.1) is 11.6 Å². The van der Waals surface area contributed by atoms with Crippen LogP contribution < -0.4 is 5.32 Å². The van der Waals surface area contributed by atoms with Gasteiger partial charge in [0.2, 0.25) is 5.91 Å². The van der Waals surface area contributed by atoms with Crippen molar-refractivity contribution in [1.82, 2.24) is 10.2 Å². The maximum atomic E-state index is 13.5. The Labute approximate surface area is 123 Å². The number of nitrogens with zero attached hydrogens (tertiary/aromatic N) is 1. The van der Waals surface area contributed by atoms with Crippen LogP contribution >= 0.6 is 12.4 Å². The molecule has 3 nitrogen and oxygen atoms in total. The Morgan fingerprint density at radius 1 is 1.35 bits per heavy atom. The van der Waals surface area contributed by atoms with Gasteiger partial charge in [-0.1, -0.05) is 12.1 Å². The number of rotatable bonds is 3. The van der Waals surface area contributed by atoms with Crippen molar-refractivity contribution in [2.45, 2.75) is 25.3 Å². The highest BCUT2D eigenvalue weighted by molar-refractivity contribution is 5.85. The van der Waals surface area contributed by atoms with Crippen LogP contribution in [0.15, 0.2) is 18.2 Å². The van der Waals surface area contributed by atoms with Crippen LogP contribution in [-0.4, -0.2) is 37.0 Å². The fourth-order valence-electron chi connectivity index (χ4n) is 2.38. The van der Waals surface area contributed by atoms with Gasteiger partial charge in [-0.15, -0.1) is 12.4 Å². The number of likely N-dealkylation sites (tertiary alicyclic amines) is 1. The van der Waals surface area contributed by atoms with E-state index in [1.807, 2.05) is 7.05 Å². The minimum atomic E-state index is -0.916. The number of amides is 1. The van der Waals surface area contributed by atoms with Crippen molar-refractivity contribution >= 4 is 18.3 Å². The van der Waals surface area contributed by atoms with E-state index in [0.717, 1.165) is 18.9 Å². The lowest BCUT2D eigenvalue weighted by atomic mass is 10.0. The molecule has 1 aliphatic heterocycles. The molecule has 0 unspecified atom stereocenters. The van der Waals surface area contributed by atoms with Gasteiger partial charge in [-0.05, 0) is 26.0 Å². The molecule has 0 atom stereocenters. The highest BCUT2D eigenvalue weighted by Crippen LogP contribution is 2.15. The van der Waals surface area contributed by atoms with Gasteiger partial charge in [-0.2, -0.15) is 0 Å². The van der Waals surface area contributed by atoms with Gasteiger partial charge < -0.3 is 10.2 Å². The summed E-state index contributed by atoms with van der Waals surface area (Å²) < 4.78 is 26.6. The van der Waals surface area contributed by atoms with Gasteiger partial charge in [0.1, 0.15) is 0 Å². The molecule has 6 heteroatoms. The van der Waals surface area contributed by atoms with Crippen molar-refractivity contribution in [2.24, 2.45) is 0 Å². The lowest BCUT2D eigenvalue weighted by molar-refractivity contribution is -0.131. The van der Waals surface area contributed by atoms with Crippen LogP contribution in [0.3, 0.4) is 0 Å². The van der Waals surface area contributed by atoms with Gasteiger partial charge in [0.25, 0.3) is 0 Å². The summed E-state index contributed by atoms with van der Waals surface area (Å²) in [5.74, 6) is -1.96. The third kappa shape index (κ3) is 3.90. The smallest absolute Gasteiger partial charge is 0.227 e. The maximum Gasteiger partial charge on any atom is 0.227 e. The van der Waals surface area contributed by atoms with Crippen molar-refractivity contribution in [3.63, 3.8) is 0 Å². The van der Waals surface area contributed by atoms with E-state index in [9.17, 15) is 13.6 Å². The first-order valence-electron chi connectivity index (χ1n) is 6.49. The summed E-state index contributed by atoms with van der Waals surface area (Å²) in [5.41, 5.74) is 0.126. The molecule has 1 heterocycles. The molecular weight excluding hydrogens is 286 g/mol. The second-order valence-electron chi connectivity index (χ2n) is 4.83. The molecular formula is C14H19ClF2N2O. The molecule has 1 saturated heterocycles. The van der Waals surface area contributed by atoms with Crippen molar-refractivity contribution in [2.75, 3.05) is 20.1 Å². The monoisotopic (exact) mass is 304 g/mol. The molecule has 0 aliphatic carbocycles. The molecule has 20 heavy (non-hydrogen) atoms. The molecule has 112 valence electrons. The van der Waals surface area contributed by atoms with E-state index in [1.165, 1.54) is 12.1 Å². The van der Waals surface area contributed by atoms with Gasteiger partial charge in [-0.25, -0.2) is 8.78 Å². The van der Waals surface area contributed by atoms with Crippen LogP contribution in [0.25, 0.3) is 0 Å². The van der Waals surface area contributed by atoms with E-state index >= 15 is 0 Å². The molecule has 0 spiro atoms. The zero-order valence-electron chi connectivity index (χ0n) is 11.4. The molecule has 2 rings (SSSR count). The number of nitrogens with one attached hydrogen (secondary N) is 1. The number of carbonyl (C=O) groups excluding carboxylic acids is 1. The van der Waals surface area contributed by atoms with Gasteiger partial charge in [0.15, 0.2) is 11.6 Å². The van der Waals surface area contributed by atoms with Crippen LogP contribution in [0.2, 0.25) is 0 Å². The van der Waals surface area contributed by atoms with Crippen LogP contribution in [-0.2, 0) is 11.2 Å². The normalized spacial score (nSPS) is 15.8. The first-order chi connectivity index (χ1) is 9.11. The fraction of sp³-hybridized carbons (Fsp3) is 0.500. The van der Waals surface area contributed by atoms with E-state index in [4.69, 9.17) is 0 Å². The van der Waals surface area contributed by atoms with Gasteiger partial charge in [0, 0.05) is 24.7 Å². The largest absolute Gasteiger partial charge is 0.342 e. The van der Waals surface area contributed by atoms with Crippen molar-refractivity contribution < 1.29 is 13.6 Å². The zero-order valence-corrected chi connectivity index (χ0v) is 12.2. The average molecular weight is 305 g/mol. The standard InChI is InChI=1S/C14H18F2N2O.ClH/c1-17-11-5-7-18(8-6-11)13(19)9-10-3-2-4-12(15)14(10)16;/h2-4,11,17H,5-9H2,1H3;1H. The highest BCUT2D eigenvalue weighted by Gasteiger charge is 2.22. The minimum absolute atomic E-state index is 0. The predicted molar refractivity (Wildman–Crippen MR) is 76.0 cm³/mol. The van der Waals surface area contributed by atoms with Gasteiger partial charge in [-0.3, -0.25) is 4.79 Å². The number of carbonyl (C=O) groups is 1. The van der Waals surface area contributed by atoms with Crippen molar-refractivity contribution in [3.8, 4) is 0 Å². The van der Waals surface area contributed by atoms with Crippen LogP contribution in [0.5, 0.6) is 0 Å². The maximum absolute atomic E-state index is 13.5. The molecule has 1 fully saturated rings. The summed E-state index contributed by atoms with van der Waals surface area (Å²) >= 11 is 0. The molecule has 1 aliphatic rings. The van der Waals surface area contributed by atoms with E-state index in [-0.39, 0.29) is 30.3 Å². The number of benzene rings is 1. The quantitative estimate of drug-likeness (QED) is 0.928. The summed E-state index contributed by atoms with van der Waals surface area (Å²) in [6.45, 7) is 1.34. The minimum Gasteiger partial charge on any atom is -0.342 e. The Morgan fingerprint density at radius 2 is 2.00 bits per heavy atom. The van der Waals surface area contributed by atoms with Gasteiger partial charge in [0.05, 0.1) is 6.42 Å². The van der Waals surface area contributed by atoms with E-state index in [2.05, 4.69) is 5.32 Å². The topological polar surface area (TPSA) is 32.3 Å². The molecule has 1 N–H and O–H groups in total. The Balaban J connectivity index is 0.00000200. The first-order valence-corrected chi connectivity index (χ1v) is 6.49. The predicted octanol–water partition coefficient (Wildman–Crippen LogP) is 2.14. The lowest BCUT2D eigenvalue weighted by Crippen LogP contribution is -2.44. The number of hydrogen-bond acceptors (Lipinski definition) is 2. The van der Waals surface area contributed by atoms with Crippen LogP contribution in [0.1, 0.15) is 18.4 Å². The summed E-state index contributed by atoms with van der Waals surface area (Å²) in [7, 11) is 1.91. The molecule has 0 bridgehead atoms. The zero-order chi connectivity index (χ0) is 13.8. The van der Waals surface area contributed by atoms with Crippen molar-refractivity contribution in [3.05, 3.63) is 35.4 Å². The lowest BCUT2D eigenvalue weighted by Gasteiger charge is -2.31. The van der Waals surface area contributed by atoms with E-state index in [0.29, 0.717) is 19.1 Å². The fourth-order valence-corrected chi connectivity index (χ4v) is 2.38. The molecule has 0 aromatic heterocycles.